The fourth-order valence-electron chi connectivity index (χ4n) is 2.59. The van der Waals surface area contributed by atoms with Crippen molar-refractivity contribution in [1.29, 1.82) is 0 Å². The van der Waals surface area contributed by atoms with E-state index in [1.165, 1.54) is 6.92 Å². The number of hydrogen-bond acceptors (Lipinski definition) is 4. The lowest BCUT2D eigenvalue weighted by atomic mass is 10.1. The van der Waals surface area contributed by atoms with Crippen molar-refractivity contribution in [1.82, 2.24) is 15.1 Å². The normalized spacial score (nSPS) is 23.6. The van der Waals surface area contributed by atoms with Gasteiger partial charge >= 0.3 is 5.97 Å². The average Bonchev–Trinajstić information content (AvgIpc) is 2.49. The zero-order valence-corrected chi connectivity index (χ0v) is 12.1. The van der Waals surface area contributed by atoms with Gasteiger partial charge in [0.05, 0.1) is 0 Å². The zero-order valence-electron chi connectivity index (χ0n) is 12.1. The molecule has 0 saturated carbocycles. The SMILES string of the molecule is CCC1CN(C)CCCN1CC(NC(C)=O)C(=O)O. The predicted molar refractivity (Wildman–Crippen MR) is 73.0 cm³/mol. The summed E-state index contributed by atoms with van der Waals surface area (Å²) < 4.78 is 0. The van der Waals surface area contributed by atoms with E-state index in [1.807, 2.05) is 0 Å². The maximum atomic E-state index is 11.2. The fourth-order valence-corrected chi connectivity index (χ4v) is 2.59. The van der Waals surface area contributed by atoms with Gasteiger partial charge < -0.3 is 15.3 Å². The number of nitrogens with zero attached hydrogens (tertiary/aromatic N) is 2. The summed E-state index contributed by atoms with van der Waals surface area (Å²) in [5.74, 6) is -1.27. The van der Waals surface area contributed by atoms with Gasteiger partial charge in [-0.05, 0) is 33.0 Å². The van der Waals surface area contributed by atoms with Crippen LogP contribution in [0.1, 0.15) is 26.7 Å². The summed E-state index contributed by atoms with van der Waals surface area (Å²) in [4.78, 5) is 26.7. The second kappa shape index (κ2) is 7.45. The smallest absolute Gasteiger partial charge is 0.327 e. The minimum Gasteiger partial charge on any atom is -0.480 e. The Hall–Kier alpha value is -1.14. The van der Waals surface area contributed by atoms with Crippen LogP contribution in [0.2, 0.25) is 0 Å². The summed E-state index contributed by atoms with van der Waals surface area (Å²) in [6.07, 6.45) is 2.01. The summed E-state index contributed by atoms with van der Waals surface area (Å²) in [5, 5.41) is 11.7. The molecule has 1 saturated heterocycles. The highest BCUT2D eigenvalue weighted by atomic mass is 16.4. The van der Waals surface area contributed by atoms with Crippen molar-refractivity contribution in [2.75, 3.05) is 33.2 Å². The average molecular weight is 271 g/mol. The molecule has 6 nitrogen and oxygen atoms in total. The second-order valence-corrected chi connectivity index (χ2v) is 5.26. The molecule has 1 fully saturated rings. The Morgan fingerprint density at radius 1 is 1.42 bits per heavy atom. The maximum absolute atomic E-state index is 11.2. The number of carboxylic acid groups (broad SMARTS) is 1. The van der Waals surface area contributed by atoms with E-state index in [0.29, 0.717) is 12.6 Å². The first-order valence-electron chi connectivity index (χ1n) is 6.86. The highest BCUT2D eigenvalue weighted by Gasteiger charge is 2.27. The molecule has 0 radical (unpaired) electrons. The molecule has 0 aromatic heterocycles. The maximum Gasteiger partial charge on any atom is 0.327 e. The standard InChI is InChI=1S/C13H25N3O3/c1-4-11-8-15(3)6-5-7-16(11)9-12(13(18)19)14-10(2)17/h11-12H,4-9H2,1-3H3,(H,14,17)(H,18,19). The van der Waals surface area contributed by atoms with Gasteiger partial charge in [-0.3, -0.25) is 9.69 Å². The van der Waals surface area contributed by atoms with Crippen LogP contribution in [0.25, 0.3) is 0 Å². The first-order valence-corrected chi connectivity index (χ1v) is 6.86. The molecule has 0 aromatic rings. The molecule has 0 aromatic carbocycles. The summed E-state index contributed by atoms with van der Waals surface area (Å²) in [7, 11) is 2.09. The number of amides is 1. The molecule has 6 heteroatoms. The van der Waals surface area contributed by atoms with Crippen LogP contribution in [0.15, 0.2) is 0 Å². The van der Waals surface area contributed by atoms with Gasteiger partial charge in [-0.15, -0.1) is 0 Å². The quantitative estimate of drug-likeness (QED) is 0.736. The minimum absolute atomic E-state index is 0.299. The van der Waals surface area contributed by atoms with Crippen molar-refractivity contribution in [2.24, 2.45) is 0 Å². The Labute approximate surface area is 114 Å². The van der Waals surface area contributed by atoms with Crippen LogP contribution >= 0.6 is 0 Å². The monoisotopic (exact) mass is 271 g/mol. The van der Waals surface area contributed by atoms with E-state index in [0.717, 1.165) is 32.5 Å². The third kappa shape index (κ3) is 5.16. The number of carbonyl (C=O) groups excluding carboxylic acids is 1. The highest BCUT2D eigenvalue weighted by Crippen LogP contribution is 2.12. The van der Waals surface area contributed by atoms with Gasteiger partial charge in [-0.1, -0.05) is 6.92 Å². The molecule has 19 heavy (non-hydrogen) atoms. The third-order valence-electron chi connectivity index (χ3n) is 3.59. The lowest BCUT2D eigenvalue weighted by molar-refractivity contribution is -0.142. The van der Waals surface area contributed by atoms with E-state index < -0.39 is 12.0 Å². The van der Waals surface area contributed by atoms with Crippen molar-refractivity contribution >= 4 is 11.9 Å². The van der Waals surface area contributed by atoms with Crippen LogP contribution in [0.4, 0.5) is 0 Å². The van der Waals surface area contributed by atoms with Gasteiger partial charge in [-0.2, -0.15) is 0 Å². The largest absolute Gasteiger partial charge is 0.480 e. The van der Waals surface area contributed by atoms with Crippen molar-refractivity contribution in [2.45, 2.75) is 38.8 Å². The zero-order chi connectivity index (χ0) is 14.4. The first-order chi connectivity index (χ1) is 8.93. The van der Waals surface area contributed by atoms with Gasteiger partial charge in [0, 0.05) is 26.1 Å². The number of hydrogen-bond donors (Lipinski definition) is 2. The Kier molecular flexibility index (Phi) is 6.24. The molecule has 2 atom stereocenters. The molecule has 1 amide bonds. The molecule has 2 N–H and O–H groups in total. The number of carboxylic acids is 1. The first kappa shape index (κ1) is 15.9. The third-order valence-corrected chi connectivity index (χ3v) is 3.59. The molecule has 1 aliphatic rings. The van der Waals surface area contributed by atoms with Crippen LogP contribution in [-0.2, 0) is 9.59 Å². The highest BCUT2D eigenvalue weighted by molar-refractivity contribution is 5.82. The van der Waals surface area contributed by atoms with Gasteiger partial charge in [0.15, 0.2) is 0 Å². The Balaban J connectivity index is 2.68. The van der Waals surface area contributed by atoms with E-state index in [4.69, 9.17) is 0 Å². The van der Waals surface area contributed by atoms with E-state index in [-0.39, 0.29) is 5.91 Å². The fraction of sp³-hybridized carbons (Fsp3) is 0.846. The minimum atomic E-state index is -0.970. The molecule has 1 rings (SSSR count). The van der Waals surface area contributed by atoms with Crippen molar-refractivity contribution < 1.29 is 14.7 Å². The number of aliphatic carboxylic acids is 1. The van der Waals surface area contributed by atoms with Crippen molar-refractivity contribution in [3.8, 4) is 0 Å². The summed E-state index contributed by atoms with van der Waals surface area (Å²) in [5.41, 5.74) is 0. The van der Waals surface area contributed by atoms with Crippen LogP contribution in [0.5, 0.6) is 0 Å². The molecular formula is C13H25N3O3. The molecule has 1 aliphatic heterocycles. The van der Waals surface area contributed by atoms with Gasteiger partial charge in [0.25, 0.3) is 0 Å². The van der Waals surface area contributed by atoms with E-state index in [1.54, 1.807) is 0 Å². The van der Waals surface area contributed by atoms with E-state index >= 15 is 0 Å². The molecule has 0 bridgehead atoms. The van der Waals surface area contributed by atoms with Crippen LogP contribution < -0.4 is 5.32 Å². The van der Waals surface area contributed by atoms with Gasteiger partial charge in [-0.25, -0.2) is 4.79 Å². The van der Waals surface area contributed by atoms with E-state index in [9.17, 15) is 14.7 Å². The Morgan fingerprint density at radius 3 is 2.63 bits per heavy atom. The number of carbonyl (C=O) groups is 2. The van der Waals surface area contributed by atoms with E-state index in [2.05, 4.69) is 29.1 Å². The topological polar surface area (TPSA) is 72.9 Å². The van der Waals surface area contributed by atoms with Crippen LogP contribution in [0.3, 0.4) is 0 Å². The molecule has 2 unspecified atom stereocenters. The lowest BCUT2D eigenvalue weighted by Crippen LogP contribution is -2.51. The Bertz CT molecular complexity index is 322. The summed E-state index contributed by atoms with van der Waals surface area (Å²) in [6, 6.07) is -0.474. The summed E-state index contributed by atoms with van der Waals surface area (Å²) in [6.45, 7) is 6.70. The molecule has 1 heterocycles. The predicted octanol–water partition coefficient (Wildman–Crippen LogP) is -0.00820. The second-order valence-electron chi connectivity index (χ2n) is 5.26. The molecule has 0 aliphatic carbocycles. The number of likely N-dealkylation sites (N-methyl/N-ethyl adjacent to an activating group) is 1. The molecule has 110 valence electrons. The van der Waals surface area contributed by atoms with Crippen LogP contribution in [-0.4, -0.2) is 72.1 Å². The number of nitrogens with one attached hydrogen (secondary N) is 1. The molecular weight excluding hydrogens is 246 g/mol. The van der Waals surface area contributed by atoms with Gasteiger partial charge in [0.2, 0.25) is 5.91 Å². The van der Waals surface area contributed by atoms with Crippen LogP contribution in [0, 0.1) is 0 Å². The molecule has 0 spiro atoms. The summed E-state index contributed by atoms with van der Waals surface area (Å²) >= 11 is 0. The van der Waals surface area contributed by atoms with Gasteiger partial charge in [0.1, 0.15) is 6.04 Å². The van der Waals surface area contributed by atoms with Crippen molar-refractivity contribution in [3.63, 3.8) is 0 Å². The Morgan fingerprint density at radius 2 is 2.11 bits per heavy atom. The lowest BCUT2D eigenvalue weighted by Gasteiger charge is -2.32. The number of rotatable bonds is 5. The van der Waals surface area contributed by atoms with Crippen molar-refractivity contribution in [3.05, 3.63) is 0 Å².